The monoisotopic (exact) mass is 332 g/mol. The maximum atomic E-state index is 12.6. The first-order valence-electron chi connectivity index (χ1n) is 4.51. The molecule has 1 rings (SSSR count). The van der Waals surface area contributed by atoms with Crippen LogP contribution in [0.15, 0.2) is 18.2 Å². The Morgan fingerprint density at radius 2 is 1.94 bits per heavy atom. The Balaban J connectivity index is 3.17. The van der Waals surface area contributed by atoms with E-state index in [4.69, 9.17) is 0 Å². The highest BCUT2D eigenvalue weighted by atomic mass is 79.9. The molecule has 0 saturated heterocycles. The lowest BCUT2D eigenvalue weighted by Crippen LogP contribution is -2.17. The number of rotatable bonds is 4. The van der Waals surface area contributed by atoms with Gasteiger partial charge in [0.2, 0.25) is 0 Å². The number of halogens is 6. The summed E-state index contributed by atoms with van der Waals surface area (Å²) in [5, 5.41) is -0.276. The Bertz CT molecular complexity index is 444. The maximum Gasteiger partial charge on any atom is 0.573 e. The predicted octanol–water partition coefficient (Wildman–Crippen LogP) is 4.10. The molecule has 0 radical (unpaired) electrons. The average Bonchev–Trinajstić information content (AvgIpc) is 2.25. The van der Waals surface area contributed by atoms with Crippen LogP contribution in [0.5, 0.6) is 5.75 Å². The maximum absolute atomic E-state index is 12.6. The molecule has 0 aromatic heterocycles. The number of carbonyl (C=O) groups excluding carboxylic acids is 1. The van der Waals surface area contributed by atoms with E-state index < -0.39 is 35.4 Å². The molecule has 0 saturated carbocycles. The average molecular weight is 333 g/mol. The first-order chi connectivity index (χ1) is 8.24. The molecule has 2 nitrogen and oxygen atoms in total. The van der Waals surface area contributed by atoms with Crippen LogP contribution in [0.1, 0.15) is 22.3 Å². The van der Waals surface area contributed by atoms with E-state index in [1.165, 1.54) is 0 Å². The van der Waals surface area contributed by atoms with Crippen molar-refractivity contribution in [3.8, 4) is 5.75 Å². The third-order valence-corrected chi connectivity index (χ3v) is 2.42. The summed E-state index contributed by atoms with van der Waals surface area (Å²) in [4.78, 5) is 11.3. The van der Waals surface area contributed by atoms with Crippen LogP contribution < -0.4 is 4.74 Å². The predicted molar refractivity (Wildman–Crippen MR) is 56.2 cm³/mol. The molecule has 0 aliphatic carbocycles. The van der Waals surface area contributed by atoms with Crippen molar-refractivity contribution in [3.05, 3.63) is 29.3 Å². The van der Waals surface area contributed by atoms with Crippen LogP contribution in [0, 0.1) is 0 Å². The van der Waals surface area contributed by atoms with Crippen molar-refractivity contribution in [2.24, 2.45) is 0 Å². The van der Waals surface area contributed by atoms with Crippen LogP contribution in [0.2, 0.25) is 0 Å². The van der Waals surface area contributed by atoms with Crippen molar-refractivity contribution in [1.29, 1.82) is 0 Å². The number of Topliss-reactive ketones (excluding diaryl/α,β-unsaturated/α-hetero) is 1. The fourth-order valence-corrected chi connectivity index (χ4v) is 1.54. The topological polar surface area (TPSA) is 26.3 Å². The van der Waals surface area contributed by atoms with Gasteiger partial charge in [-0.05, 0) is 18.2 Å². The van der Waals surface area contributed by atoms with Gasteiger partial charge < -0.3 is 4.74 Å². The van der Waals surface area contributed by atoms with Gasteiger partial charge in [0.05, 0.1) is 5.33 Å². The van der Waals surface area contributed by atoms with Gasteiger partial charge in [-0.1, -0.05) is 15.9 Å². The molecule has 0 fully saturated rings. The van der Waals surface area contributed by atoms with E-state index in [0.717, 1.165) is 12.1 Å². The number of ketones is 1. The quantitative estimate of drug-likeness (QED) is 0.471. The van der Waals surface area contributed by atoms with Crippen molar-refractivity contribution in [2.45, 2.75) is 12.8 Å². The molecule has 0 N–H and O–H groups in total. The zero-order valence-electron chi connectivity index (χ0n) is 8.60. The van der Waals surface area contributed by atoms with E-state index in [2.05, 4.69) is 20.7 Å². The molecule has 0 unspecified atom stereocenters. The van der Waals surface area contributed by atoms with Crippen molar-refractivity contribution in [1.82, 2.24) is 0 Å². The lowest BCUT2D eigenvalue weighted by atomic mass is 10.0. The highest BCUT2D eigenvalue weighted by Crippen LogP contribution is 2.30. The minimum atomic E-state index is -4.94. The third-order valence-electron chi connectivity index (χ3n) is 1.92. The zero-order chi connectivity index (χ0) is 13.9. The van der Waals surface area contributed by atoms with E-state index in [1.807, 2.05) is 0 Å². The second kappa shape index (κ2) is 5.64. The fraction of sp³-hybridized carbons (Fsp3) is 0.300. The molecule has 0 aliphatic heterocycles. The van der Waals surface area contributed by atoms with Crippen molar-refractivity contribution < 1.29 is 31.5 Å². The molecule has 8 heteroatoms. The lowest BCUT2D eigenvalue weighted by Gasteiger charge is -2.12. The third kappa shape index (κ3) is 3.94. The molecule has 0 heterocycles. The van der Waals surface area contributed by atoms with Gasteiger partial charge in [0.1, 0.15) is 5.75 Å². The molecule has 1 aromatic rings. The Morgan fingerprint density at radius 1 is 1.33 bits per heavy atom. The summed E-state index contributed by atoms with van der Waals surface area (Å²) in [5.74, 6) is -1.46. The zero-order valence-corrected chi connectivity index (χ0v) is 10.2. The van der Waals surface area contributed by atoms with Gasteiger partial charge in [0.15, 0.2) is 5.78 Å². The first kappa shape index (κ1) is 14.9. The van der Waals surface area contributed by atoms with Gasteiger partial charge in [-0.15, -0.1) is 13.2 Å². The normalized spacial score (nSPS) is 11.7. The highest BCUT2D eigenvalue weighted by Gasteiger charge is 2.31. The van der Waals surface area contributed by atoms with E-state index in [0.29, 0.717) is 6.07 Å². The second-order valence-electron chi connectivity index (χ2n) is 3.15. The number of hydrogen-bond donors (Lipinski definition) is 0. The van der Waals surface area contributed by atoms with Gasteiger partial charge in [-0.2, -0.15) is 0 Å². The molecule has 0 atom stereocenters. The van der Waals surface area contributed by atoms with E-state index >= 15 is 0 Å². The van der Waals surface area contributed by atoms with Crippen LogP contribution in [0.25, 0.3) is 0 Å². The Morgan fingerprint density at radius 3 is 2.39 bits per heavy atom. The smallest absolute Gasteiger partial charge is 0.406 e. The standard InChI is InChI=1S/C10H6BrF5O2/c11-4-8(17)7-3-5(18-10(14,15)16)1-2-6(7)9(12)13/h1-3,9H,4H2. The minimum absolute atomic E-state index is 0.276. The molecule has 1 aromatic carbocycles. The van der Waals surface area contributed by atoms with Gasteiger partial charge in [-0.25, -0.2) is 8.78 Å². The van der Waals surface area contributed by atoms with Crippen LogP contribution in [-0.2, 0) is 0 Å². The van der Waals surface area contributed by atoms with Crippen LogP contribution in [0.3, 0.4) is 0 Å². The molecule has 0 spiro atoms. The summed E-state index contributed by atoms with van der Waals surface area (Å²) in [6.07, 6.45) is -7.90. The summed E-state index contributed by atoms with van der Waals surface area (Å²) >= 11 is 2.76. The van der Waals surface area contributed by atoms with Gasteiger partial charge in [0.25, 0.3) is 6.43 Å². The molecule has 0 bridgehead atoms. The fourth-order valence-electron chi connectivity index (χ4n) is 1.24. The molecule has 100 valence electrons. The van der Waals surface area contributed by atoms with E-state index in [1.54, 1.807) is 0 Å². The summed E-state index contributed by atoms with van der Waals surface area (Å²) < 4.78 is 64.5. The number of alkyl halides is 6. The molecule has 0 amide bonds. The minimum Gasteiger partial charge on any atom is -0.406 e. The van der Waals surface area contributed by atoms with Gasteiger partial charge in [-0.3, -0.25) is 4.79 Å². The van der Waals surface area contributed by atoms with E-state index in [-0.39, 0.29) is 5.33 Å². The summed E-state index contributed by atoms with van der Waals surface area (Å²) in [6.45, 7) is 0. The summed E-state index contributed by atoms with van der Waals surface area (Å²) in [7, 11) is 0. The molecule has 18 heavy (non-hydrogen) atoms. The molecular formula is C10H6BrF5O2. The van der Waals surface area contributed by atoms with Gasteiger partial charge >= 0.3 is 6.36 Å². The Kier molecular flexibility index (Phi) is 4.66. The highest BCUT2D eigenvalue weighted by molar-refractivity contribution is 9.09. The second-order valence-corrected chi connectivity index (χ2v) is 3.72. The number of carbonyl (C=O) groups is 1. The van der Waals surface area contributed by atoms with Crippen LogP contribution in [-0.4, -0.2) is 17.5 Å². The number of hydrogen-bond acceptors (Lipinski definition) is 2. The number of ether oxygens (including phenoxy) is 1. The van der Waals surface area contributed by atoms with Gasteiger partial charge in [0, 0.05) is 11.1 Å². The van der Waals surface area contributed by atoms with Crippen LogP contribution >= 0.6 is 15.9 Å². The first-order valence-corrected chi connectivity index (χ1v) is 5.63. The summed E-state index contributed by atoms with van der Waals surface area (Å²) in [5.41, 5.74) is -1.13. The van der Waals surface area contributed by atoms with Crippen molar-refractivity contribution in [3.63, 3.8) is 0 Å². The lowest BCUT2D eigenvalue weighted by molar-refractivity contribution is -0.274. The largest absolute Gasteiger partial charge is 0.573 e. The van der Waals surface area contributed by atoms with E-state index in [9.17, 15) is 26.7 Å². The SMILES string of the molecule is O=C(CBr)c1cc(OC(F)(F)F)ccc1C(F)F. The summed E-state index contributed by atoms with van der Waals surface area (Å²) in [6, 6.07) is 2.13. The van der Waals surface area contributed by atoms with Crippen molar-refractivity contribution >= 4 is 21.7 Å². The Hall–Kier alpha value is -1.18. The molecule has 0 aliphatic rings. The van der Waals surface area contributed by atoms with Crippen LogP contribution in [0.4, 0.5) is 22.0 Å². The molecular weight excluding hydrogens is 327 g/mol. The van der Waals surface area contributed by atoms with Crippen molar-refractivity contribution in [2.75, 3.05) is 5.33 Å². The Labute approximate surface area is 107 Å². The number of benzene rings is 1.